The first-order valence-corrected chi connectivity index (χ1v) is 6.02. The van der Waals surface area contributed by atoms with E-state index in [9.17, 15) is 18.8 Å². The van der Waals surface area contributed by atoms with E-state index in [0.717, 1.165) is 23.8 Å². The first-order chi connectivity index (χ1) is 9.08. The Morgan fingerprint density at radius 3 is 2.68 bits per heavy atom. The Morgan fingerprint density at radius 2 is 2.05 bits per heavy atom. The molecule has 1 N–H and O–H groups in total. The zero-order valence-electron chi connectivity index (χ0n) is 9.98. The fourth-order valence-electron chi connectivity index (χ4n) is 2.08. The molecule has 0 bridgehead atoms. The Morgan fingerprint density at radius 1 is 1.32 bits per heavy atom. The highest BCUT2D eigenvalue weighted by Gasteiger charge is 2.39. The first-order valence-electron chi connectivity index (χ1n) is 6.02. The summed E-state index contributed by atoms with van der Waals surface area (Å²) in [4.78, 5) is 36.3. The van der Waals surface area contributed by atoms with Gasteiger partial charge in [-0.1, -0.05) is 6.07 Å². The lowest BCUT2D eigenvalue weighted by atomic mass is 10.1. The number of halogens is 1. The quantitative estimate of drug-likeness (QED) is 0.815. The van der Waals surface area contributed by atoms with Crippen LogP contribution in [0.5, 0.6) is 0 Å². The summed E-state index contributed by atoms with van der Waals surface area (Å²) in [6.07, 6.45) is 1.84. The maximum atomic E-state index is 13.5. The van der Waals surface area contributed by atoms with Gasteiger partial charge in [0.15, 0.2) is 0 Å². The normalized spacial score (nSPS) is 17.6. The smallest absolute Gasteiger partial charge is 0.265 e. The average molecular weight is 262 g/mol. The molecule has 0 saturated heterocycles. The summed E-state index contributed by atoms with van der Waals surface area (Å²) >= 11 is 0. The standard InChI is InChI=1S/C13H11FN2O3/c14-9-3-1-2-8-11(9)13(19)16(12(8)18)6-10(17)15-7-4-5-7/h1-3,7H,4-6H2,(H,15,17). The van der Waals surface area contributed by atoms with Crippen LogP contribution in [-0.4, -0.2) is 35.2 Å². The topological polar surface area (TPSA) is 66.5 Å². The minimum Gasteiger partial charge on any atom is -0.352 e. The van der Waals surface area contributed by atoms with Crippen molar-refractivity contribution in [2.45, 2.75) is 18.9 Å². The van der Waals surface area contributed by atoms with Gasteiger partial charge in [-0.05, 0) is 25.0 Å². The molecule has 6 heteroatoms. The highest BCUT2D eigenvalue weighted by atomic mass is 19.1. The van der Waals surface area contributed by atoms with E-state index < -0.39 is 23.5 Å². The summed E-state index contributed by atoms with van der Waals surface area (Å²) in [5.41, 5.74) is -0.226. The van der Waals surface area contributed by atoms with Gasteiger partial charge in [0.2, 0.25) is 5.91 Å². The van der Waals surface area contributed by atoms with Crippen LogP contribution in [-0.2, 0) is 4.79 Å². The van der Waals surface area contributed by atoms with Crippen molar-refractivity contribution in [3.05, 3.63) is 35.1 Å². The Balaban J connectivity index is 1.81. The lowest BCUT2D eigenvalue weighted by Crippen LogP contribution is -2.41. The van der Waals surface area contributed by atoms with Crippen molar-refractivity contribution in [1.29, 1.82) is 0 Å². The minimum absolute atomic E-state index is 0.0178. The van der Waals surface area contributed by atoms with Crippen molar-refractivity contribution in [1.82, 2.24) is 10.2 Å². The summed E-state index contributed by atoms with van der Waals surface area (Å²) in [6, 6.07) is 4.03. The van der Waals surface area contributed by atoms with E-state index in [1.807, 2.05) is 0 Å². The highest BCUT2D eigenvalue weighted by Crippen LogP contribution is 2.25. The molecule has 5 nitrogen and oxygen atoms in total. The van der Waals surface area contributed by atoms with Gasteiger partial charge in [-0.25, -0.2) is 4.39 Å². The van der Waals surface area contributed by atoms with Crippen molar-refractivity contribution in [2.75, 3.05) is 6.54 Å². The van der Waals surface area contributed by atoms with E-state index in [1.165, 1.54) is 12.1 Å². The first kappa shape index (κ1) is 11.8. The number of carbonyl (C=O) groups is 3. The third kappa shape index (κ3) is 1.99. The van der Waals surface area contributed by atoms with Crippen LogP contribution in [0.3, 0.4) is 0 Å². The third-order valence-electron chi connectivity index (χ3n) is 3.19. The van der Waals surface area contributed by atoms with E-state index in [4.69, 9.17) is 0 Å². The van der Waals surface area contributed by atoms with Crippen molar-refractivity contribution in [2.24, 2.45) is 0 Å². The maximum absolute atomic E-state index is 13.5. The highest BCUT2D eigenvalue weighted by molar-refractivity contribution is 6.22. The van der Waals surface area contributed by atoms with Gasteiger partial charge in [-0.15, -0.1) is 0 Å². The second-order valence-electron chi connectivity index (χ2n) is 4.70. The van der Waals surface area contributed by atoms with Gasteiger partial charge >= 0.3 is 0 Å². The molecule has 1 aliphatic heterocycles. The molecule has 3 rings (SSSR count). The number of hydrogen-bond acceptors (Lipinski definition) is 3. The molecule has 1 fully saturated rings. The monoisotopic (exact) mass is 262 g/mol. The van der Waals surface area contributed by atoms with E-state index in [-0.39, 0.29) is 23.7 Å². The van der Waals surface area contributed by atoms with E-state index >= 15 is 0 Å². The molecular formula is C13H11FN2O3. The van der Waals surface area contributed by atoms with Gasteiger partial charge in [0.05, 0.1) is 11.1 Å². The molecule has 19 heavy (non-hydrogen) atoms. The maximum Gasteiger partial charge on any atom is 0.265 e. The molecule has 0 aromatic heterocycles. The molecule has 2 aliphatic rings. The van der Waals surface area contributed by atoms with Crippen LogP contribution in [0.1, 0.15) is 33.6 Å². The van der Waals surface area contributed by atoms with Gasteiger partial charge in [0, 0.05) is 6.04 Å². The van der Waals surface area contributed by atoms with Gasteiger partial charge in [-0.3, -0.25) is 19.3 Å². The van der Waals surface area contributed by atoms with Crippen LogP contribution in [0.2, 0.25) is 0 Å². The number of amides is 3. The Labute approximate surface area is 108 Å². The Hall–Kier alpha value is -2.24. The van der Waals surface area contributed by atoms with Gasteiger partial charge in [0.25, 0.3) is 11.8 Å². The number of benzene rings is 1. The number of nitrogens with zero attached hydrogens (tertiary/aromatic N) is 1. The van der Waals surface area contributed by atoms with Crippen molar-refractivity contribution in [3.8, 4) is 0 Å². The SMILES string of the molecule is O=C(CN1C(=O)c2cccc(F)c2C1=O)NC1CC1. The zero-order chi connectivity index (χ0) is 13.6. The number of carbonyl (C=O) groups excluding carboxylic acids is 3. The molecule has 1 aliphatic carbocycles. The van der Waals surface area contributed by atoms with Crippen molar-refractivity contribution < 1.29 is 18.8 Å². The molecule has 1 saturated carbocycles. The van der Waals surface area contributed by atoms with Crippen LogP contribution in [0.4, 0.5) is 4.39 Å². The summed E-state index contributed by atoms with van der Waals surface area (Å²) in [5.74, 6) is -2.49. The molecule has 0 spiro atoms. The average Bonchev–Trinajstić information content (AvgIpc) is 3.14. The predicted octanol–water partition coefficient (Wildman–Crippen LogP) is 0.700. The molecule has 1 heterocycles. The minimum atomic E-state index is -0.746. The summed E-state index contributed by atoms with van der Waals surface area (Å²) < 4.78 is 13.5. The van der Waals surface area contributed by atoms with Crippen LogP contribution < -0.4 is 5.32 Å². The van der Waals surface area contributed by atoms with Crippen LogP contribution in [0, 0.1) is 5.82 Å². The number of hydrogen-bond donors (Lipinski definition) is 1. The molecule has 0 atom stereocenters. The predicted molar refractivity (Wildman–Crippen MR) is 62.9 cm³/mol. The molecular weight excluding hydrogens is 251 g/mol. The van der Waals surface area contributed by atoms with Gasteiger partial charge in [-0.2, -0.15) is 0 Å². The lowest BCUT2D eigenvalue weighted by molar-refractivity contribution is -0.121. The second kappa shape index (κ2) is 4.15. The number of rotatable bonds is 3. The molecule has 1 aromatic carbocycles. The Kier molecular flexibility index (Phi) is 2.58. The number of imide groups is 1. The molecule has 0 unspecified atom stereocenters. The fourth-order valence-corrected chi connectivity index (χ4v) is 2.08. The molecule has 0 radical (unpaired) electrons. The zero-order valence-corrected chi connectivity index (χ0v) is 9.98. The molecule has 3 amide bonds. The van der Waals surface area contributed by atoms with Gasteiger partial charge < -0.3 is 5.32 Å². The van der Waals surface area contributed by atoms with Crippen LogP contribution in [0.15, 0.2) is 18.2 Å². The van der Waals surface area contributed by atoms with Gasteiger partial charge in [0.1, 0.15) is 12.4 Å². The summed E-state index contributed by atoms with van der Waals surface area (Å²) in [5, 5.41) is 2.68. The van der Waals surface area contributed by atoms with E-state index in [1.54, 1.807) is 0 Å². The summed E-state index contributed by atoms with van der Waals surface area (Å²) in [6.45, 7) is -0.359. The van der Waals surface area contributed by atoms with E-state index in [2.05, 4.69) is 5.32 Å². The molecule has 98 valence electrons. The number of nitrogens with one attached hydrogen (secondary N) is 1. The summed E-state index contributed by atoms with van der Waals surface area (Å²) in [7, 11) is 0. The number of fused-ring (bicyclic) bond motifs is 1. The van der Waals surface area contributed by atoms with Crippen LogP contribution >= 0.6 is 0 Å². The van der Waals surface area contributed by atoms with Crippen molar-refractivity contribution in [3.63, 3.8) is 0 Å². The van der Waals surface area contributed by atoms with Crippen LogP contribution in [0.25, 0.3) is 0 Å². The van der Waals surface area contributed by atoms with E-state index in [0.29, 0.717) is 0 Å². The molecule has 1 aromatic rings. The lowest BCUT2D eigenvalue weighted by Gasteiger charge is -2.13. The second-order valence-corrected chi connectivity index (χ2v) is 4.70. The fraction of sp³-hybridized carbons (Fsp3) is 0.308. The third-order valence-corrected chi connectivity index (χ3v) is 3.19. The Bertz CT molecular complexity index is 596. The van der Waals surface area contributed by atoms with Crippen molar-refractivity contribution >= 4 is 17.7 Å². The largest absolute Gasteiger partial charge is 0.352 e.